The molecule has 2 N–H and O–H groups in total. The zero-order valence-corrected chi connectivity index (χ0v) is 9.10. The fourth-order valence-corrected chi connectivity index (χ4v) is 1.47. The average Bonchev–Trinajstić information content (AvgIpc) is 2.13. The Kier molecular flexibility index (Phi) is 6.21. The molecule has 0 heterocycles. The van der Waals surface area contributed by atoms with Crippen molar-refractivity contribution in [1.82, 2.24) is 0 Å². The number of hydrogen-bond acceptors (Lipinski definition) is 2. The number of allylic oxidation sites excluding steroid dienone is 1. The topological polar surface area (TPSA) is 57.5 Å². The van der Waals surface area contributed by atoms with Crippen molar-refractivity contribution < 1.29 is 15.0 Å². The molecule has 0 aliphatic carbocycles. The summed E-state index contributed by atoms with van der Waals surface area (Å²) in [5.41, 5.74) is 0. The van der Waals surface area contributed by atoms with E-state index < -0.39 is 5.97 Å². The summed E-state index contributed by atoms with van der Waals surface area (Å²) in [6.45, 7) is 5.89. The minimum atomic E-state index is -0.916. The number of aliphatic carboxylic acids is 1. The van der Waals surface area contributed by atoms with Gasteiger partial charge < -0.3 is 10.2 Å². The number of rotatable bonds is 6. The minimum Gasteiger partial charge on any atom is -0.478 e. The number of aliphatic hydroxyl groups is 1. The quantitative estimate of drug-likeness (QED) is 0.645. The van der Waals surface area contributed by atoms with Crippen molar-refractivity contribution in [3.63, 3.8) is 0 Å². The van der Waals surface area contributed by atoms with Crippen LogP contribution in [-0.4, -0.2) is 22.3 Å². The van der Waals surface area contributed by atoms with Crippen LogP contribution in [0.25, 0.3) is 0 Å². The van der Waals surface area contributed by atoms with Crippen molar-refractivity contribution in [3.8, 4) is 0 Å². The van der Waals surface area contributed by atoms with E-state index in [2.05, 4.69) is 0 Å². The fraction of sp³-hybridized carbons (Fsp3) is 0.727. The zero-order valence-electron chi connectivity index (χ0n) is 9.10. The van der Waals surface area contributed by atoms with Gasteiger partial charge in [0.15, 0.2) is 0 Å². The zero-order chi connectivity index (χ0) is 11.1. The van der Waals surface area contributed by atoms with Gasteiger partial charge in [0.25, 0.3) is 0 Å². The molecule has 0 aliphatic heterocycles. The molecule has 0 aromatic rings. The highest BCUT2D eigenvalue weighted by molar-refractivity contribution is 5.79. The summed E-state index contributed by atoms with van der Waals surface area (Å²) >= 11 is 0. The summed E-state index contributed by atoms with van der Waals surface area (Å²) in [5, 5.41) is 17.9. The second-order valence-electron chi connectivity index (χ2n) is 3.86. The number of hydrogen-bond donors (Lipinski definition) is 2. The van der Waals surface area contributed by atoms with Crippen molar-refractivity contribution in [2.45, 2.75) is 39.7 Å². The SMILES string of the molecule is CC[C@H](O)[C@@H](C)C[C@H](C)C=CC(=O)O. The fourth-order valence-electron chi connectivity index (χ4n) is 1.47. The van der Waals surface area contributed by atoms with Crippen molar-refractivity contribution in [2.75, 3.05) is 0 Å². The monoisotopic (exact) mass is 200 g/mol. The highest BCUT2D eigenvalue weighted by Gasteiger charge is 2.14. The molecule has 3 nitrogen and oxygen atoms in total. The smallest absolute Gasteiger partial charge is 0.327 e. The van der Waals surface area contributed by atoms with Gasteiger partial charge in [-0.05, 0) is 24.7 Å². The van der Waals surface area contributed by atoms with Gasteiger partial charge in [0, 0.05) is 6.08 Å². The van der Waals surface area contributed by atoms with Crippen LogP contribution < -0.4 is 0 Å². The van der Waals surface area contributed by atoms with Crippen molar-refractivity contribution in [3.05, 3.63) is 12.2 Å². The summed E-state index contributed by atoms with van der Waals surface area (Å²) in [5.74, 6) is -0.503. The lowest BCUT2D eigenvalue weighted by Gasteiger charge is -2.19. The lowest BCUT2D eigenvalue weighted by atomic mass is 9.91. The van der Waals surface area contributed by atoms with E-state index in [1.54, 1.807) is 6.08 Å². The molecule has 3 heteroatoms. The van der Waals surface area contributed by atoms with Crippen LogP contribution in [0, 0.1) is 11.8 Å². The summed E-state index contributed by atoms with van der Waals surface area (Å²) in [4.78, 5) is 10.2. The van der Waals surface area contributed by atoms with E-state index in [1.807, 2.05) is 20.8 Å². The Hall–Kier alpha value is -0.830. The molecule has 0 aliphatic rings. The van der Waals surface area contributed by atoms with Crippen LogP contribution >= 0.6 is 0 Å². The number of carboxylic acids is 1. The Balaban J connectivity index is 3.93. The second kappa shape index (κ2) is 6.60. The van der Waals surface area contributed by atoms with Gasteiger partial charge in [-0.1, -0.05) is 26.8 Å². The molecule has 82 valence electrons. The third-order valence-electron chi connectivity index (χ3n) is 2.39. The van der Waals surface area contributed by atoms with Crippen LogP contribution in [0.15, 0.2) is 12.2 Å². The molecule has 0 unspecified atom stereocenters. The van der Waals surface area contributed by atoms with E-state index in [0.29, 0.717) is 0 Å². The first kappa shape index (κ1) is 13.2. The molecule has 0 saturated heterocycles. The first-order valence-corrected chi connectivity index (χ1v) is 5.06. The van der Waals surface area contributed by atoms with Gasteiger partial charge >= 0.3 is 5.97 Å². The summed E-state index contributed by atoms with van der Waals surface area (Å²) in [6.07, 6.45) is 4.11. The Morgan fingerprint density at radius 2 is 2.00 bits per heavy atom. The molecule has 0 fully saturated rings. The standard InChI is InChI=1S/C11H20O3/c1-4-10(12)9(3)7-8(2)5-6-11(13)14/h5-6,8-10,12H,4,7H2,1-3H3,(H,13,14)/t8-,9+,10+/m1/s1. The van der Waals surface area contributed by atoms with Gasteiger partial charge in [-0.3, -0.25) is 0 Å². The Morgan fingerprint density at radius 3 is 2.43 bits per heavy atom. The first-order valence-electron chi connectivity index (χ1n) is 5.06. The Morgan fingerprint density at radius 1 is 1.43 bits per heavy atom. The van der Waals surface area contributed by atoms with Crippen LogP contribution in [0.1, 0.15) is 33.6 Å². The molecule has 0 saturated carbocycles. The van der Waals surface area contributed by atoms with Gasteiger partial charge in [-0.25, -0.2) is 4.79 Å². The number of carbonyl (C=O) groups is 1. The number of aliphatic hydroxyl groups excluding tert-OH is 1. The third kappa shape index (κ3) is 5.75. The van der Waals surface area contributed by atoms with Crippen molar-refractivity contribution >= 4 is 5.97 Å². The molecular formula is C11H20O3. The second-order valence-corrected chi connectivity index (χ2v) is 3.86. The van der Waals surface area contributed by atoms with E-state index in [1.165, 1.54) is 0 Å². The van der Waals surface area contributed by atoms with Gasteiger partial charge in [0.05, 0.1) is 6.10 Å². The highest BCUT2D eigenvalue weighted by Crippen LogP contribution is 2.18. The van der Waals surface area contributed by atoms with E-state index >= 15 is 0 Å². The molecule has 14 heavy (non-hydrogen) atoms. The normalized spacial score (nSPS) is 18.0. The molecule has 0 radical (unpaired) electrons. The molecular weight excluding hydrogens is 180 g/mol. The third-order valence-corrected chi connectivity index (χ3v) is 2.39. The number of carboxylic acid groups (broad SMARTS) is 1. The molecule has 0 spiro atoms. The van der Waals surface area contributed by atoms with Crippen LogP contribution in [-0.2, 0) is 4.79 Å². The van der Waals surface area contributed by atoms with Crippen LogP contribution in [0.3, 0.4) is 0 Å². The van der Waals surface area contributed by atoms with Gasteiger partial charge in [-0.15, -0.1) is 0 Å². The molecule has 3 atom stereocenters. The molecule has 0 amide bonds. The van der Waals surface area contributed by atoms with E-state index in [0.717, 1.165) is 18.9 Å². The predicted molar refractivity (Wildman–Crippen MR) is 56.0 cm³/mol. The first-order chi connectivity index (χ1) is 6.47. The van der Waals surface area contributed by atoms with Crippen molar-refractivity contribution in [1.29, 1.82) is 0 Å². The average molecular weight is 200 g/mol. The maximum atomic E-state index is 10.2. The van der Waals surface area contributed by atoms with E-state index in [4.69, 9.17) is 5.11 Å². The maximum Gasteiger partial charge on any atom is 0.327 e. The van der Waals surface area contributed by atoms with Crippen LogP contribution in [0.4, 0.5) is 0 Å². The summed E-state index contributed by atoms with van der Waals surface area (Å²) in [6, 6.07) is 0. The molecule has 0 rings (SSSR count). The Bertz CT molecular complexity index is 199. The summed E-state index contributed by atoms with van der Waals surface area (Å²) in [7, 11) is 0. The van der Waals surface area contributed by atoms with E-state index in [9.17, 15) is 9.90 Å². The molecule has 0 aromatic heterocycles. The highest BCUT2D eigenvalue weighted by atomic mass is 16.4. The van der Waals surface area contributed by atoms with E-state index in [-0.39, 0.29) is 17.9 Å². The maximum absolute atomic E-state index is 10.2. The van der Waals surface area contributed by atoms with Gasteiger partial charge in [0.1, 0.15) is 0 Å². The Labute approximate surface area is 85.4 Å². The van der Waals surface area contributed by atoms with Crippen molar-refractivity contribution in [2.24, 2.45) is 11.8 Å². The van der Waals surface area contributed by atoms with Gasteiger partial charge in [0.2, 0.25) is 0 Å². The largest absolute Gasteiger partial charge is 0.478 e. The van der Waals surface area contributed by atoms with Crippen LogP contribution in [0.2, 0.25) is 0 Å². The van der Waals surface area contributed by atoms with Gasteiger partial charge in [-0.2, -0.15) is 0 Å². The lowest BCUT2D eigenvalue weighted by molar-refractivity contribution is -0.131. The minimum absolute atomic E-state index is 0.197. The lowest BCUT2D eigenvalue weighted by Crippen LogP contribution is -2.18. The predicted octanol–water partition coefficient (Wildman–Crippen LogP) is 2.06. The summed E-state index contributed by atoms with van der Waals surface area (Å²) < 4.78 is 0. The molecule has 0 aromatic carbocycles. The molecule has 0 bridgehead atoms. The van der Waals surface area contributed by atoms with Crippen LogP contribution in [0.5, 0.6) is 0 Å².